The van der Waals surface area contributed by atoms with Crippen molar-refractivity contribution in [2.75, 3.05) is 0 Å². The molecule has 0 bridgehead atoms. The molecule has 0 aromatic rings. The van der Waals surface area contributed by atoms with Crippen molar-refractivity contribution in [2.45, 2.75) is 33.7 Å². The fourth-order valence-corrected chi connectivity index (χ4v) is 0.659. The average Bonchev–Trinajstić information content (AvgIpc) is 2.04. The van der Waals surface area contributed by atoms with Crippen molar-refractivity contribution < 1.29 is 0 Å². The van der Waals surface area contributed by atoms with Gasteiger partial charge < -0.3 is 5.32 Å². The van der Waals surface area contributed by atoms with E-state index in [4.69, 9.17) is 0 Å². The number of allylic oxidation sites excluding steroid dienone is 2. The number of hydrogen-bond donors (Lipinski definition) is 1. The van der Waals surface area contributed by atoms with Gasteiger partial charge in [-0.3, -0.25) is 4.99 Å². The Kier molecular flexibility index (Phi) is 5.94. The van der Waals surface area contributed by atoms with E-state index >= 15 is 0 Å². The molecule has 0 radical (unpaired) electrons. The molecular formula is C11H20N2. The molecular weight excluding hydrogens is 160 g/mol. The van der Waals surface area contributed by atoms with Gasteiger partial charge in [-0.2, -0.15) is 0 Å². The topological polar surface area (TPSA) is 24.4 Å². The Labute approximate surface area is 81.5 Å². The second-order valence-electron chi connectivity index (χ2n) is 3.43. The Bertz CT molecular complexity index is 202. The minimum Gasteiger partial charge on any atom is -0.347 e. The lowest BCUT2D eigenvalue weighted by molar-refractivity contribution is 0.532. The minimum atomic E-state index is 0.353. The Morgan fingerprint density at radius 3 is 2.46 bits per heavy atom. The van der Waals surface area contributed by atoms with Gasteiger partial charge in [0.05, 0.1) is 12.4 Å². The van der Waals surface area contributed by atoms with Crippen molar-refractivity contribution in [3.8, 4) is 0 Å². The highest BCUT2D eigenvalue weighted by molar-refractivity contribution is 5.58. The van der Waals surface area contributed by atoms with Gasteiger partial charge in [-0.05, 0) is 25.8 Å². The summed E-state index contributed by atoms with van der Waals surface area (Å²) < 4.78 is 0. The number of nitrogens with one attached hydrogen (secondary N) is 1. The molecule has 0 rings (SSSR count). The lowest BCUT2D eigenvalue weighted by Crippen LogP contribution is -2.13. The summed E-state index contributed by atoms with van der Waals surface area (Å²) in [5, 5.41) is 3.00. The summed E-state index contributed by atoms with van der Waals surface area (Å²) in [7, 11) is 0. The van der Waals surface area contributed by atoms with Crippen LogP contribution in [0.5, 0.6) is 0 Å². The van der Waals surface area contributed by atoms with E-state index in [1.54, 1.807) is 6.34 Å². The van der Waals surface area contributed by atoms with E-state index in [1.165, 1.54) is 0 Å². The first kappa shape index (κ1) is 11.9. The van der Waals surface area contributed by atoms with Crippen molar-refractivity contribution in [1.82, 2.24) is 5.32 Å². The third-order valence-electron chi connectivity index (χ3n) is 1.89. The molecule has 0 unspecified atom stereocenters. The van der Waals surface area contributed by atoms with E-state index in [0.29, 0.717) is 12.0 Å². The second-order valence-corrected chi connectivity index (χ2v) is 3.43. The molecule has 0 saturated heterocycles. The van der Waals surface area contributed by atoms with Crippen LogP contribution in [-0.4, -0.2) is 12.4 Å². The van der Waals surface area contributed by atoms with E-state index in [1.807, 2.05) is 19.1 Å². The highest BCUT2D eigenvalue weighted by Crippen LogP contribution is 2.03. The lowest BCUT2D eigenvalue weighted by Gasteiger charge is -2.09. The highest BCUT2D eigenvalue weighted by atomic mass is 15.0. The summed E-state index contributed by atoms with van der Waals surface area (Å²) in [5.74, 6) is 0.577. The molecule has 0 saturated carbocycles. The van der Waals surface area contributed by atoms with E-state index in [2.05, 4.69) is 37.7 Å². The van der Waals surface area contributed by atoms with Gasteiger partial charge in [0.15, 0.2) is 0 Å². The zero-order chi connectivity index (χ0) is 10.3. The summed E-state index contributed by atoms with van der Waals surface area (Å²) in [6.45, 7) is 12.2. The maximum atomic E-state index is 4.32. The predicted octanol–water partition coefficient (Wildman–Crippen LogP) is 2.74. The van der Waals surface area contributed by atoms with E-state index in [-0.39, 0.29) is 0 Å². The highest BCUT2D eigenvalue weighted by Gasteiger charge is 2.01. The van der Waals surface area contributed by atoms with Gasteiger partial charge in [0, 0.05) is 5.70 Å². The summed E-state index contributed by atoms with van der Waals surface area (Å²) >= 11 is 0. The van der Waals surface area contributed by atoms with E-state index in [9.17, 15) is 0 Å². The fraction of sp³-hybridized carbons (Fsp3) is 0.545. The van der Waals surface area contributed by atoms with Crippen LogP contribution in [0.2, 0.25) is 0 Å². The first-order valence-corrected chi connectivity index (χ1v) is 4.67. The van der Waals surface area contributed by atoms with Crippen LogP contribution in [0, 0.1) is 5.92 Å². The third kappa shape index (κ3) is 6.14. The molecule has 2 heteroatoms. The van der Waals surface area contributed by atoms with Crippen LogP contribution in [0.25, 0.3) is 0 Å². The molecule has 0 spiro atoms. The lowest BCUT2D eigenvalue weighted by atomic mass is 10.1. The first-order valence-electron chi connectivity index (χ1n) is 4.67. The summed E-state index contributed by atoms with van der Waals surface area (Å²) in [6, 6.07) is 0.353. The zero-order valence-corrected chi connectivity index (χ0v) is 9.04. The Hall–Kier alpha value is -1.05. The maximum Gasteiger partial charge on any atom is 0.0871 e. The second kappa shape index (κ2) is 6.46. The molecule has 0 amide bonds. The van der Waals surface area contributed by atoms with Crippen LogP contribution in [0.15, 0.2) is 29.4 Å². The molecule has 13 heavy (non-hydrogen) atoms. The largest absolute Gasteiger partial charge is 0.347 e. The number of hydrogen-bond acceptors (Lipinski definition) is 1. The molecule has 0 heterocycles. The van der Waals surface area contributed by atoms with Crippen molar-refractivity contribution in [3.05, 3.63) is 24.4 Å². The molecule has 74 valence electrons. The molecule has 1 atom stereocenters. The maximum absolute atomic E-state index is 4.32. The Morgan fingerprint density at radius 1 is 1.38 bits per heavy atom. The average molecular weight is 180 g/mol. The molecule has 1 N–H and O–H groups in total. The van der Waals surface area contributed by atoms with Crippen LogP contribution >= 0.6 is 0 Å². The van der Waals surface area contributed by atoms with Gasteiger partial charge in [0.25, 0.3) is 0 Å². The van der Waals surface area contributed by atoms with Gasteiger partial charge in [0.2, 0.25) is 0 Å². The van der Waals surface area contributed by atoms with E-state index < -0.39 is 0 Å². The van der Waals surface area contributed by atoms with Crippen LogP contribution in [0.4, 0.5) is 0 Å². The summed E-state index contributed by atoms with van der Waals surface area (Å²) in [4.78, 5) is 4.32. The third-order valence-corrected chi connectivity index (χ3v) is 1.89. The van der Waals surface area contributed by atoms with Crippen LogP contribution in [0.3, 0.4) is 0 Å². The number of nitrogens with zero attached hydrogens (tertiary/aromatic N) is 1. The molecule has 0 aliphatic heterocycles. The first-order chi connectivity index (χ1) is 6.07. The van der Waals surface area contributed by atoms with Gasteiger partial charge in [-0.15, -0.1) is 0 Å². The molecule has 0 aromatic heterocycles. The number of aliphatic imine (C=N–C) groups is 1. The van der Waals surface area contributed by atoms with Crippen LogP contribution in [-0.2, 0) is 0 Å². The van der Waals surface area contributed by atoms with Crippen molar-refractivity contribution >= 4 is 6.34 Å². The van der Waals surface area contributed by atoms with Crippen molar-refractivity contribution in [3.63, 3.8) is 0 Å². The normalized spacial score (nSPS) is 14.2. The smallest absolute Gasteiger partial charge is 0.0871 e. The van der Waals surface area contributed by atoms with Crippen LogP contribution < -0.4 is 5.32 Å². The molecule has 0 aromatic carbocycles. The quantitative estimate of drug-likeness (QED) is 0.392. The monoisotopic (exact) mass is 180 g/mol. The summed E-state index contributed by atoms with van der Waals surface area (Å²) in [5.41, 5.74) is 0.863. The predicted molar refractivity (Wildman–Crippen MR) is 59.9 cm³/mol. The molecule has 0 aliphatic rings. The minimum absolute atomic E-state index is 0.353. The fourth-order valence-electron chi connectivity index (χ4n) is 0.659. The SMILES string of the molecule is C=C(/C=C\C)NC=N[C@H](C)C(C)C. The molecule has 0 fully saturated rings. The molecule has 0 aliphatic carbocycles. The zero-order valence-electron chi connectivity index (χ0n) is 9.04. The van der Waals surface area contributed by atoms with Gasteiger partial charge in [-0.25, -0.2) is 0 Å². The van der Waals surface area contributed by atoms with Crippen LogP contribution in [0.1, 0.15) is 27.7 Å². The molecule has 2 nitrogen and oxygen atoms in total. The van der Waals surface area contributed by atoms with Gasteiger partial charge >= 0.3 is 0 Å². The van der Waals surface area contributed by atoms with Crippen molar-refractivity contribution in [1.29, 1.82) is 0 Å². The van der Waals surface area contributed by atoms with Crippen molar-refractivity contribution in [2.24, 2.45) is 10.9 Å². The number of rotatable bonds is 5. The van der Waals surface area contributed by atoms with Gasteiger partial charge in [-0.1, -0.05) is 26.5 Å². The summed E-state index contributed by atoms with van der Waals surface area (Å²) in [6.07, 6.45) is 5.56. The Morgan fingerprint density at radius 2 is 2.00 bits per heavy atom. The van der Waals surface area contributed by atoms with Gasteiger partial charge in [0.1, 0.15) is 0 Å². The van der Waals surface area contributed by atoms with E-state index in [0.717, 1.165) is 5.70 Å². The Balaban J connectivity index is 3.81. The standard InChI is InChI=1S/C11H20N2/c1-6-7-10(4)12-8-13-11(5)9(2)3/h6-9,11H,4H2,1-3,5H3,(H,12,13)/b7-6-/t11-/m1/s1.